The van der Waals surface area contributed by atoms with E-state index < -0.39 is 0 Å². The number of benzene rings is 8. The maximum absolute atomic E-state index is 10.6. The molecule has 1 unspecified atom stereocenters. The normalized spacial score (nSPS) is 14.0. The van der Waals surface area contributed by atoms with Crippen LogP contribution in [0.25, 0.3) is 22.3 Å². The summed E-state index contributed by atoms with van der Waals surface area (Å²) < 4.78 is 0. The molecule has 61 heavy (non-hydrogen) atoms. The van der Waals surface area contributed by atoms with Crippen LogP contribution in [0, 0.1) is 6.92 Å². The minimum absolute atomic E-state index is 0.182. The molecule has 10 rings (SSSR count). The molecule has 1 heterocycles. The number of aromatic hydroxyl groups is 2. The lowest BCUT2D eigenvalue weighted by Crippen LogP contribution is -2.23. The van der Waals surface area contributed by atoms with E-state index in [9.17, 15) is 10.2 Å². The van der Waals surface area contributed by atoms with Crippen molar-refractivity contribution in [3.63, 3.8) is 0 Å². The van der Waals surface area contributed by atoms with E-state index >= 15 is 0 Å². The third-order valence-corrected chi connectivity index (χ3v) is 11.5. The van der Waals surface area contributed by atoms with Crippen LogP contribution in [-0.2, 0) is 0 Å². The third kappa shape index (κ3) is 7.25. The number of allylic oxidation sites excluding steroid dienone is 2. The van der Waals surface area contributed by atoms with E-state index in [1.807, 2.05) is 24.3 Å². The molecule has 0 bridgehead atoms. The van der Waals surface area contributed by atoms with E-state index in [-0.39, 0.29) is 17.5 Å². The average molecular weight is 793 g/mol. The standard InChI is InChI=1S/C55H44N4O2/c1-38-20-21-40(36-49(38)50-37-48(61)34-35-51(50)56-41-12-4-2-5-13-41)39-22-24-43(25-23-39)57(45-30-32-47(60)33-31-45)44-26-28-46(29-27-44)59-54-18-10-8-16-52(54)58(42-14-6-3-7-15-42)53-17-9-11-19-55(53)59/h2-12,14-37,41,56,60-61H,13H2,1H3. The molecule has 0 fully saturated rings. The van der Waals surface area contributed by atoms with Gasteiger partial charge in [0.1, 0.15) is 11.5 Å². The molecule has 3 N–H and O–H groups in total. The van der Waals surface area contributed by atoms with Gasteiger partial charge in [-0.25, -0.2) is 0 Å². The molecule has 1 aliphatic heterocycles. The van der Waals surface area contributed by atoms with E-state index in [2.05, 4.69) is 197 Å². The first-order valence-electron chi connectivity index (χ1n) is 20.7. The summed E-state index contributed by atoms with van der Waals surface area (Å²) in [6, 6.07) is 64.6. The molecule has 1 atom stereocenters. The van der Waals surface area contributed by atoms with Crippen molar-refractivity contribution in [2.24, 2.45) is 0 Å². The van der Waals surface area contributed by atoms with Gasteiger partial charge in [-0.1, -0.05) is 91.0 Å². The molecule has 8 aromatic rings. The maximum Gasteiger partial charge on any atom is 0.116 e. The van der Waals surface area contributed by atoms with E-state index in [1.165, 1.54) is 0 Å². The quantitative estimate of drug-likeness (QED) is 0.127. The van der Waals surface area contributed by atoms with Crippen LogP contribution >= 0.6 is 0 Å². The summed E-state index contributed by atoms with van der Waals surface area (Å²) >= 11 is 0. The fourth-order valence-corrected chi connectivity index (χ4v) is 8.54. The molecule has 0 spiro atoms. The molecule has 6 nitrogen and oxygen atoms in total. The van der Waals surface area contributed by atoms with Crippen molar-refractivity contribution in [1.29, 1.82) is 0 Å². The summed E-state index contributed by atoms with van der Waals surface area (Å²) in [5.74, 6) is 0.449. The lowest BCUT2D eigenvalue weighted by molar-refractivity contribution is 0.475. The Labute approximate surface area is 356 Å². The second-order valence-electron chi connectivity index (χ2n) is 15.5. The van der Waals surface area contributed by atoms with Crippen LogP contribution in [0.2, 0.25) is 0 Å². The van der Waals surface area contributed by atoms with Crippen LogP contribution < -0.4 is 20.0 Å². The number of rotatable bonds is 9. The minimum atomic E-state index is 0.182. The summed E-state index contributed by atoms with van der Waals surface area (Å²) in [5.41, 5.74) is 15.7. The molecular weight excluding hydrogens is 749 g/mol. The average Bonchev–Trinajstić information content (AvgIpc) is 3.31. The lowest BCUT2D eigenvalue weighted by atomic mass is 9.93. The Kier molecular flexibility index (Phi) is 9.79. The van der Waals surface area contributed by atoms with Crippen molar-refractivity contribution >= 4 is 56.9 Å². The van der Waals surface area contributed by atoms with Crippen molar-refractivity contribution in [3.8, 4) is 33.8 Å². The van der Waals surface area contributed by atoms with Crippen LogP contribution in [0.4, 0.5) is 56.9 Å². The Morgan fingerprint density at radius 2 is 1.02 bits per heavy atom. The van der Waals surface area contributed by atoms with Crippen molar-refractivity contribution in [1.82, 2.24) is 0 Å². The Bertz CT molecular complexity index is 2860. The van der Waals surface area contributed by atoms with Gasteiger partial charge >= 0.3 is 0 Å². The predicted octanol–water partition coefficient (Wildman–Crippen LogP) is 14.8. The zero-order chi connectivity index (χ0) is 41.3. The van der Waals surface area contributed by atoms with E-state index in [0.29, 0.717) is 0 Å². The minimum Gasteiger partial charge on any atom is -0.508 e. The number of phenols is 2. The summed E-state index contributed by atoms with van der Waals surface area (Å²) in [7, 11) is 0. The first kappa shape index (κ1) is 37.3. The van der Waals surface area contributed by atoms with Gasteiger partial charge in [0.15, 0.2) is 0 Å². The maximum atomic E-state index is 10.6. The molecular formula is C55H44N4O2. The number of phenolic OH excluding ortho intramolecular Hbond substituents is 2. The number of nitrogens with zero attached hydrogens (tertiary/aromatic N) is 3. The van der Waals surface area contributed by atoms with Gasteiger partial charge < -0.3 is 30.2 Å². The van der Waals surface area contributed by atoms with E-state index in [0.717, 1.165) is 91.1 Å². The Morgan fingerprint density at radius 3 is 1.61 bits per heavy atom. The number of anilines is 10. The number of hydrogen-bond donors (Lipinski definition) is 3. The van der Waals surface area contributed by atoms with Crippen LogP contribution in [0.15, 0.2) is 212 Å². The highest BCUT2D eigenvalue weighted by Gasteiger charge is 2.30. The van der Waals surface area contributed by atoms with Gasteiger partial charge in [0.2, 0.25) is 0 Å². The zero-order valence-corrected chi connectivity index (χ0v) is 33.7. The van der Waals surface area contributed by atoms with Gasteiger partial charge in [0, 0.05) is 45.7 Å². The molecule has 8 aromatic carbocycles. The highest BCUT2D eigenvalue weighted by Crippen LogP contribution is 2.54. The molecule has 0 aromatic heterocycles. The summed E-state index contributed by atoms with van der Waals surface area (Å²) in [5, 5.41) is 24.5. The summed E-state index contributed by atoms with van der Waals surface area (Å²) in [6.45, 7) is 2.11. The van der Waals surface area contributed by atoms with Gasteiger partial charge in [-0.2, -0.15) is 0 Å². The van der Waals surface area contributed by atoms with E-state index in [1.54, 1.807) is 18.2 Å². The summed E-state index contributed by atoms with van der Waals surface area (Å²) in [6.07, 6.45) is 9.39. The van der Waals surface area contributed by atoms with Gasteiger partial charge in [-0.15, -0.1) is 0 Å². The SMILES string of the molecule is Cc1ccc(-c2ccc(N(c3ccc(O)cc3)c3ccc(N4c5ccccc5N(c5ccccc5)c5ccccc54)cc3)cc2)cc1-c1cc(O)ccc1NC1C=CC=CC1. The molecule has 1 aliphatic carbocycles. The number of para-hydroxylation sites is 5. The molecule has 0 saturated heterocycles. The second kappa shape index (κ2) is 16.0. The predicted molar refractivity (Wildman–Crippen MR) is 253 cm³/mol. The molecule has 0 radical (unpaired) electrons. The van der Waals surface area contributed by atoms with Gasteiger partial charge in [0.25, 0.3) is 0 Å². The monoisotopic (exact) mass is 792 g/mol. The molecule has 2 aliphatic rings. The molecule has 6 heteroatoms. The zero-order valence-electron chi connectivity index (χ0n) is 33.7. The summed E-state index contributed by atoms with van der Waals surface area (Å²) in [4.78, 5) is 6.88. The number of nitrogens with one attached hydrogen (secondary N) is 1. The second-order valence-corrected chi connectivity index (χ2v) is 15.5. The lowest BCUT2D eigenvalue weighted by Gasteiger charge is -2.40. The fourth-order valence-electron chi connectivity index (χ4n) is 8.54. The highest BCUT2D eigenvalue weighted by atomic mass is 16.3. The van der Waals surface area contributed by atoms with Crippen LogP contribution in [-0.4, -0.2) is 16.3 Å². The number of fused-ring (bicyclic) bond motifs is 2. The Morgan fingerprint density at radius 1 is 0.492 bits per heavy atom. The third-order valence-electron chi connectivity index (χ3n) is 11.5. The van der Waals surface area contributed by atoms with Crippen molar-refractivity contribution < 1.29 is 10.2 Å². The first-order chi connectivity index (χ1) is 30.0. The van der Waals surface area contributed by atoms with Crippen molar-refractivity contribution in [2.45, 2.75) is 19.4 Å². The van der Waals surface area contributed by atoms with Crippen LogP contribution in [0.3, 0.4) is 0 Å². The first-order valence-corrected chi connectivity index (χ1v) is 20.7. The largest absolute Gasteiger partial charge is 0.508 e. The smallest absolute Gasteiger partial charge is 0.116 e. The fraction of sp³-hybridized carbons (Fsp3) is 0.0545. The number of aryl methyl sites for hydroxylation is 1. The van der Waals surface area contributed by atoms with Crippen LogP contribution in [0.1, 0.15) is 12.0 Å². The van der Waals surface area contributed by atoms with Crippen molar-refractivity contribution in [3.05, 3.63) is 218 Å². The van der Waals surface area contributed by atoms with Gasteiger partial charge in [0.05, 0.1) is 22.7 Å². The van der Waals surface area contributed by atoms with E-state index in [4.69, 9.17) is 0 Å². The number of hydrogen-bond acceptors (Lipinski definition) is 6. The van der Waals surface area contributed by atoms with Gasteiger partial charge in [-0.3, -0.25) is 0 Å². The molecule has 296 valence electrons. The van der Waals surface area contributed by atoms with Gasteiger partial charge in [-0.05, 0) is 157 Å². The van der Waals surface area contributed by atoms with Crippen LogP contribution in [0.5, 0.6) is 11.5 Å². The Hall–Kier alpha value is -7.96. The molecule has 0 amide bonds. The Balaban J connectivity index is 0.990. The molecule has 0 saturated carbocycles. The highest BCUT2D eigenvalue weighted by molar-refractivity contribution is 6.01. The van der Waals surface area contributed by atoms with Crippen molar-refractivity contribution in [2.75, 3.05) is 20.0 Å². The topological polar surface area (TPSA) is 62.2 Å².